The summed E-state index contributed by atoms with van der Waals surface area (Å²) in [6.07, 6.45) is 0. The van der Waals surface area contributed by atoms with Crippen molar-refractivity contribution in [3.8, 4) is 5.75 Å². The van der Waals surface area contributed by atoms with Gasteiger partial charge in [-0.1, -0.05) is 11.6 Å². The van der Waals surface area contributed by atoms with Crippen LogP contribution in [0.25, 0.3) is 0 Å². The van der Waals surface area contributed by atoms with Crippen LogP contribution < -0.4 is 10.5 Å². The molecule has 4 heteroatoms. The first-order valence-corrected chi connectivity index (χ1v) is 5.16. The van der Waals surface area contributed by atoms with Gasteiger partial charge in [-0.05, 0) is 24.6 Å². The number of methoxy groups -OCH3 is 1. The van der Waals surface area contributed by atoms with Gasteiger partial charge in [0.15, 0.2) is 0 Å². The summed E-state index contributed by atoms with van der Waals surface area (Å²) < 4.78 is 10.5. The quantitative estimate of drug-likeness (QED) is 0.839. The highest BCUT2D eigenvalue weighted by atomic mass is 35.5. The van der Waals surface area contributed by atoms with Crippen LogP contribution >= 0.6 is 11.6 Å². The van der Waals surface area contributed by atoms with Crippen molar-refractivity contribution in [2.75, 3.05) is 20.3 Å². The molecule has 0 spiro atoms. The van der Waals surface area contributed by atoms with Crippen LogP contribution in [0.15, 0.2) is 12.1 Å². The normalized spacial score (nSPS) is 18.4. The molecule has 1 aromatic carbocycles. The SMILES string of the molecule is COc1c(C)cc(Cl)cc1C1(N)COC1. The molecule has 0 saturated carbocycles. The van der Waals surface area contributed by atoms with E-state index >= 15 is 0 Å². The van der Waals surface area contributed by atoms with E-state index in [2.05, 4.69) is 0 Å². The number of benzene rings is 1. The monoisotopic (exact) mass is 227 g/mol. The van der Waals surface area contributed by atoms with Gasteiger partial charge in [0.05, 0.1) is 25.9 Å². The molecular formula is C11H14ClNO2. The first kappa shape index (κ1) is 10.7. The molecule has 0 amide bonds. The first-order chi connectivity index (χ1) is 7.07. The Kier molecular flexibility index (Phi) is 2.63. The Hall–Kier alpha value is -0.770. The Balaban J connectivity index is 2.53. The zero-order chi connectivity index (χ0) is 11.1. The van der Waals surface area contributed by atoms with Gasteiger partial charge >= 0.3 is 0 Å². The summed E-state index contributed by atoms with van der Waals surface area (Å²) in [5, 5.41) is 0.681. The Bertz CT molecular complexity index is 388. The average Bonchev–Trinajstić information content (AvgIpc) is 2.13. The van der Waals surface area contributed by atoms with E-state index in [4.69, 9.17) is 26.8 Å². The molecule has 0 atom stereocenters. The fourth-order valence-electron chi connectivity index (χ4n) is 1.85. The van der Waals surface area contributed by atoms with Crippen molar-refractivity contribution in [2.45, 2.75) is 12.5 Å². The number of nitrogens with two attached hydrogens (primary N) is 1. The Morgan fingerprint density at radius 2 is 2.13 bits per heavy atom. The van der Waals surface area contributed by atoms with Gasteiger partial charge in [0.2, 0.25) is 0 Å². The van der Waals surface area contributed by atoms with Crippen LogP contribution in [0, 0.1) is 6.92 Å². The Morgan fingerprint density at radius 3 is 2.60 bits per heavy atom. The predicted octanol–water partition coefficient (Wildman–Crippen LogP) is 1.84. The number of aryl methyl sites for hydroxylation is 1. The van der Waals surface area contributed by atoms with Gasteiger partial charge in [0.1, 0.15) is 5.75 Å². The lowest BCUT2D eigenvalue weighted by Gasteiger charge is -2.39. The van der Waals surface area contributed by atoms with Crippen molar-refractivity contribution in [2.24, 2.45) is 5.73 Å². The third-order valence-corrected chi connectivity index (χ3v) is 2.92. The molecule has 1 aliphatic heterocycles. The van der Waals surface area contributed by atoms with Gasteiger partial charge in [0.25, 0.3) is 0 Å². The van der Waals surface area contributed by atoms with Crippen LogP contribution in [0.2, 0.25) is 5.02 Å². The van der Waals surface area contributed by atoms with E-state index in [0.717, 1.165) is 16.9 Å². The van der Waals surface area contributed by atoms with E-state index in [1.165, 1.54) is 0 Å². The molecule has 1 heterocycles. The summed E-state index contributed by atoms with van der Waals surface area (Å²) in [5.74, 6) is 0.810. The van der Waals surface area contributed by atoms with Gasteiger partial charge in [-0.25, -0.2) is 0 Å². The van der Waals surface area contributed by atoms with Crippen molar-refractivity contribution in [3.63, 3.8) is 0 Å². The summed E-state index contributed by atoms with van der Waals surface area (Å²) in [7, 11) is 1.64. The molecule has 1 aromatic rings. The minimum absolute atomic E-state index is 0.443. The topological polar surface area (TPSA) is 44.5 Å². The molecule has 82 valence electrons. The molecule has 0 aromatic heterocycles. The lowest BCUT2D eigenvalue weighted by molar-refractivity contribution is -0.0578. The summed E-state index contributed by atoms with van der Waals surface area (Å²) in [6, 6.07) is 3.72. The van der Waals surface area contributed by atoms with E-state index in [9.17, 15) is 0 Å². The lowest BCUT2D eigenvalue weighted by atomic mass is 9.87. The minimum Gasteiger partial charge on any atom is -0.496 e. The summed E-state index contributed by atoms with van der Waals surface area (Å²) in [5.41, 5.74) is 7.66. The van der Waals surface area contributed by atoms with Crippen LogP contribution in [0.5, 0.6) is 5.75 Å². The zero-order valence-corrected chi connectivity index (χ0v) is 9.60. The van der Waals surface area contributed by atoms with Crippen LogP contribution in [-0.4, -0.2) is 20.3 Å². The first-order valence-electron chi connectivity index (χ1n) is 4.78. The largest absolute Gasteiger partial charge is 0.496 e. The summed E-state index contributed by atoms with van der Waals surface area (Å²) >= 11 is 6.01. The van der Waals surface area contributed by atoms with Crippen LogP contribution in [0.4, 0.5) is 0 Å². The maximum absolute atomic E-state index is 6.17. The van der Waals surface area contributed by atoms with E-state index in [-0.39, 0.29) is 0 Å². The van der Waals surface area contributed by atoms with Crippen molar-refractivity contribution in [1.82, 2.24) is 0 Å². The minimum atomic E-state index is -0.443. The fraction of sp³-hybridized carbons (Fsp3) is 0.455. The van der Waals surface area contributed by atoms with E-state index in [0.29, 0.717) is 18.2 Å². The molecular weight excluding hydrogens is 214 g/mol. The second-order valence-electron chi connectivity index (χ2n) is 3.95. The number of rotatable bonds is 2. The highest BCUT2D eigenvalue weighted by Crippen LogP contribution is 2.37. The van der Waals surface area contributed by atoms with Crippen molar-refractivity contribution >= 4 is 11.6 Å². The van der Waals surface area contributed by atoms with Crippen molar-refractivity contribution in [3.05, 3.63) is 28.3 Å². The summed E-state index contributed by atoms with van der Waals surface area (Å²) in [4.78, 5) is 0. The fourth-order valence-corrected chi connectivity index (χ4v) is 2.12. The Morgan fingerprint density at radius 1 is 1.47 bits per heavy atom. The van der Waals surface area contributed by atoms with Crippen LogP contribution in [-0.2, 0) is 10.3 Å². The maximum Gasteiger partial charge on any atom is 0.127 e. The van der Waals surface area contributed by atoms with Crippen LogP contribution in [0.3, 0.4) is 0 Å². The van der Waals surface area contributed by atoms with Gasteiger partial charge < -0.3 is 15.2 Å². The molecule has 15 heavy (non-hydrogen) atoms. The van der Waals surface area contributed by atoms with Gasteiger partial charge in [0, 0.05) is 10.6 Å². The second kappa shape index (κ2) is 3.67. The van der Waals surface area contributed by atoms with Crippen molar-refractivity contribution < 1.29 is 9.47 Å². The number of hydrogen-bond acceptors (Lipinski definition) is 3. The molecule has 2 rings (SSSR count). The van der Waals surface area contributed by atoms with Crippen molar-refractivity contribution in [1.29, 1.82) is 0 Å². The molecule has 1 aliphatic rings. The molecule has 2 N–H and O–H groups in total. The predicted molar refractivity (Wildman–Crippen MR) is 59.4 cm³/mol. The summed E-state index contributed by atoms with van der Waals surface area (Å²) in [6.45, 7) is 2.99. The van der Waals surface area contributed by atoms with E-state index in [1.807, 2.05) is 19.1 Å². The molecule has 0 bridgehead atoms. The zero-order valence-electron chi connectivity index (χ0n) is 8.84. The number of hydrogen-bond donors (Lipinski definition) is 1. The highest BCUT2D eigenvalue weighted by molar-refractivity contribution is 6.30. The molecule has 3 nitrogen and oxygen atoms in total. The molecule has 0 radical (unpaired) electrons. The Labute approximate surface area is 94.1 Å². The third kappa shape index (κ3) is 1.71. The smallest absolute Gasteiger partial charge is 0.127 e. The lowest BCUT2D eigenvalue weighted by Crippen LogP contribution is -2.54. The highest BCUT2D eigenvalue weighted by Gasteiger charge is 2.39. The number of ether oxygens (including phenoxy) is 2. The third-order valence-electron chi connectivity index (χ3n) is 2.70. The van der Waals surface area contributed by atoms with Gasteiger partial charge in [-0.2, -0.15) is 0 Å². The average molecular weight is 228 g/mol. The van der Waals surface area contributed by atoms with E-state index < -0.39 is 5.54 Å². The maximum atomic E-state index is 6.17. The molecule has 1 fully saturated rings. The standard InChI is InChI=1S/C11H14ClNO2/c1-7-3-8(12)4-9(10(7)14-2)11(13)5-15-6-11/h3-4H,5-6,13H2,1-2H3. The van der Waals surface area contributed by atoms with Crippen LogP contribution in [0.1, 0.15) is 11.1 Å². The molecule has 0 aliphatic carbocycles. The number of halogens is 1. The molecule has 0 unspecified atom stereocenters. The van der Waals surface area contributed by atoms with E-state index in [1.54, 1.807) is 7.11 Å². The van der Waals surface area contributed by atoms with Gasteiger partial charge in [-0.3, -0.25) is 0 Å². The second-order valence-corrected chi connectivity index (χ2v) is 4.39. The van der Waals surface area contributed by atoms with Gasteiger partial charge in [-0.15, -0.1) is 0 Å². The molecule has 1 saturated heterocycles.